The third-order valence-electron chi connectivity index (χ3n) is 2.88. The summed E-state index contributed by atoms with van der Waals surface area (Å²) in [5.74, 6) is 0. The van der Waals surface area contributed by atoms with E-state index in [4.69, 9.17) is 5.73 Å². The van der Waals surface area contributed by atoms with Gasteiger partial charge in [-0.25, -0.2) is 0 Å². The first-order valence-electron chi connectivity index (χ1n) is 6.85. The van der Waals surface area contributed by atoms with Gasteiger partial charge in [-0.2, -0.15) is 0 Å². The first-order chi connectivity index (χ1) is 7.74. The quantitative estimate of drug-likeness (QED) is 0.561. The van der Waals surface area contributed by atoms with Crippen LogP contribution in [0.1, 0.15) is 59.3 Å². The normalized spacial score (nSPS) is 14.1. The lowest BCUT2D eigenvalue weighted by Gasteiger charge is -2.14. The summed E-state index contributed by atoms with van der Waals surface area (Å²) in [6.45, 7) is 8.40. The van der Waals surface area contributed by atoms with Crippen LogP contribution in [0.15, 0.2) is 11.6 Å². The zero-order valence-electron chi connectivity index (χ0n) is 11.4. The van der Waals surface area contributed by atoms with Gasteiger partial charge in [0.15, 0.2) is 0 Å². The number of hydrogen-bond acceptors (Lipinski definition) is 2. The highest BCUT2D eigenvalue weighted by atomic mass is 14.9. The van der Waals surface area contributed by atoms with Crippen molar-refractivity contribution in [1.82, 2.24) is 5.32 Å². The summed E-state index contributed by atoms with van der Waals surface area (Å²) in [6, 6.07) is 0.588. The molecule has 0 aromatic rings. The summed E-state index contributed by atoms with van der Waals surface area (Å²) in [4.78, 5) is 0. The van der Waals surface area contributed by atoms with Gasteiger partial charge in [-0.3, -0.25) is 0 Å². The van der Waals surface area contributed by atoms with Crippen molar-refractivity contribution in [3.63, 3.8) is 0 Å². The van der Waals surface area contributed by atoms with Crippen LogP contribution in [-0.2, 0) is 0 Å². The average molecular weight is 226 g/mol. The Bertz CT molecular complexity index is 176. The van der Waals surface area contributed by atoms with E-state index in [9.17, 15) is 0 Å². The molecule has 0 bridgehead atoms. The first-order valence-corrected chi connectivity index (χ1v) is 6.85. The minimum Gasteiger partial charge on any atom is -0.329 e. The summed E-state index contributed by atoms with van der Waals surface area (Å²) in [5.41, 5.74) is 7.12. The van der Waals surface area contributed by atoms with Gasteiger partial charge in [0.25, 0.3) is 0 Å². The van der Waals surface area contributed by atoms with Crippen molar-refractivity contribution in [2.45, 2.75) is 65.3 Å². The topological polar surface area (TPSA) is 38.0 Å². The molecular formula is C14H30N2. The van der Waals surface area contributed by atoms with Gasteiger partial charge in [-0.05, 0) is 39.0 Å². The van der Waals surface area contributed by atoms with Gasteiger partial charge in [0, 0.05) is 19.1 Å². The van der Waals surface area contributed by atoms with E-state index >= 15 is 0 Å². The molecule has 0 heterocycles. The molecular weight excluding hydrogens is 196 g/mol. The molecule has 0 saturated carbocycles. The highest BCUT2D eigenvalue weighted by molar-refractivity contribution is 5.01. The van der Waals surface area contributed by atoms with Crippen LogP contribution < -0.4 is 11.1 Å². The summed E-state index contributed by atoms with van der Waals surface area (Å²) in [5, 5.41) is 3.43. The predicted molar refractivity (Wildman–Crippen MR) is 73.7 cm³/mol. The highest BCUT2D eigenvalue weighted by Gasteiger charge is 2.03. The molecule has 96 valence electrons. The molecule has 2 nitrogen and oxygen atoms in total. The van der Waals surface area contributed by atoms with E-state index in [1.165, 1.54) is 38.5 Å². The lowest BCUT2D eigenvalue weighted by atomic mass is 10.0. The Morgan fingerprint density at radius 3 is 2.62 bits per heavy atom. The van der Waals surface area contributed by atoms with E-state index in [0.29, 0.717) is 6.04 Å². The predicted octanol–water partition coefficient (Wildman–Crippen LogP) is 3.23. The molecule has 0 saturated heterocycles. The fourth-order valence-electron chi connectivity index (χ4n) is 1.86. The lowest BCUT2D eigenvalue weighted by Crippen LogP contribution is -2.31. The minimum atomic E-state index is 0.588. The van der Waals surface area contributed by atoms with E-state index in [0.717, 1.165) is 13.1 Å². The van der Waals surface area contributed by atoms with Crippen LogP contribution in [0.4, 0.5) is 0 Å². The maximum Gasteiger partial charge on any atom is 0.00769 e. The molecule has 0 spiro atoms. The molecule has 0 aromatic heterocycles. The molecule has 0 aliphatic rings. The van der Waals surface area contributed by atoms with E-state index in [2.05, 4.69) is 32.2 Å². The molecule has 1 atom stereocenters. The number of nitrogens with one attached hydrogen (secondary N) is 1. The van der Waals surface area contributed by atoms with Crippen molar-refractivity contribution in [3.05, 3.63) is 11.6 Å². The Morgan fingerprint density at radius 1 is 1.31 bits per heavy atom. The third-order valence-corrected chi connectivity index (χ3v) is 2.88. The molecule has 1 unspecified atom stereocenters. The number of unbranched alkanes of at least 4 members (excludes halogenated alkanes) is 1. The molecule has 0 aromatic carbocycles. The Labute approximate surface area is 102 Å². The number of allylic oxidation sites excluding steroid dienone is 2. The molecule has 2 heteroatoms. The smallest absolute Gasteiger partial charge is 0.00769 e. The maximum atomic E-state index is 5.47. The van der Waals surface area contributed by atoms with Crippen molar-refractivity contribution in [2.24, 2.45) is 5.73 Å². The van der Waals surface area contributed by atoms with Crippen LogP contribution in [0.5, 0.6) is 0 Å². The Hall–Kier alpha value is -0.340. The molecule has 3 N–H and O–H groups in total. The zero-order chi connectivity index (χ0) is 12.2. The maximum absolute atomic E-state index is 5.47. The second-order valence-electron chi connectivity index (χ2n) is 4.56. The van der Waals surface area contributed by atoms with Crippen LogP contribution in [-0.4, -0.2) is 19.1 Å². The third kappa shape index (κ3) is 8.93. The molecule has 0 radical (unpaired) electrons. The fraction of sp³-hybridized carbons (Fsp3) is 0.857. The Balaban J connectivity index is 3.78. The van der Waals surface area contributed by atoms with Gasteiger partial charge >= 0.3 is 0 Å². The summed E-state index contributed by atoms with van der Waals surface area (Å²) in [6.07, 6.45) is 9.96. The van der Waals surface area contributed by atoms with Gasteiger partial charge in [-0.15, -0.1) is 0 Å². The molecule has 16 heavy (non-hydrogen) atoms. The molecule has 0 aliphatic heterocycles. The SMILES string of the molecule is CCC=C(CCCC)CCC(C)NCCN. The summed E-state index contributed by atoms with van der Waals surface area (Å²) < 4.78 is 0. The largest absolute Gasteiger partial charge is 0.329 e. The Morgan fingerprint density at radius 2 is 2.06 bits per heavy atom. The molecule has 0 amide bonds. The van der Waals surface area contributed by atoms with Crippen molar-refractivity contribution >= 4 is 0 Å². The number of hydrogen-bond donors (Lipinski definition) is 2. The van der Waals surface area contributed by atoms with Crippen LogP contribution in [0.2, 0.25) is 0 Å². The fourth-order valence-corrected chi connectivity index (χ4v) is 1.86. The van der Waals surface area contributed by atoms with Crippen molar-refractivity contribution in [3.8, 4) is 0 Å². The van der Waals surface area contributed by atoms with Gasteiger partial charge in [0.2, 0.25) is 0 Å². The van der Waals surface area contributed by atoms with Gasteiger partial charge in [0.05, 0.1) is 0 Å². The second kappa shape index (κ2) is 11.2. The summed E-state index contributed by atoms with van der Waals surface area (Å²) in [7, 11) is 0. The van der Waals surface area contributed by atoms with Crippen molar-refractivity contribution < 1.29 is 0 Å². The van der Waals surface area contributed by atoms with Crippen LogP contribution >= 0.6 is 0 Å². The van der Waals surface area contributed by atoms with Gasteiger partial charge < -0.3 is 11.1 Å². The molecule has 0 rings (SSSR count). The van der Waals surface area contributed by atoms with Crippen molar-refractivity contribution in [2.75, 3.05) is 13.1 Å². The standard InChI is InChI=1S/C14H30N2/c1-4-6-8-14(7-5-2)10-9-13(3)16-12-11-15/h7,13,16H,4-6,8-12,15H2,1-3H3. The van der Waals surface area contributed by atoms with E-state index in [1.54, 1.807) is 5.57 Å². The number of rotatable bonds is 10. The van der Waals surface area contributed by atoms with Crippen LogP contribution in [0.3, 0.4) is 0 Å². The number of nitrogens with two attached hydrogens (primary N) is 1. The monoisotopic (exact) mass is 226 g/mol. The van der Waals surface area contributed by atoms with Gasteiger partial charge in [0.1, 0.15) is 0 Å². The van der Waals surface area contributed by atoms with Gasteiger partial charge in [-0.1, -0.05) is 31.9 Å². The lowest BCUT2D eigenvalue weighted by molar-refractivity contribution is 0.515. The van der Waals surface area contributed by atoms with Crippen LogP contribution in [0, 0.1) is 0 Å². The van der Waals surface area contributed by atoms with E-state index < -0.39 is 0 Å². The van der Waals surface area contributed by atoms with E-state index in [-0.39, 0.29) is 0 Å². The second-order valence-corrected chi connectivity index (χ2v) is 4.56. The highest BCUT2D eigenvalue weighted by Crippen LogP contribution is 2.15. The first kappa shape index (κ1) is 15.7. The summed E-state index contributed by atoms with van der Waals surface area (Å²) >= 11 is 0. The molecule has 0 fully saturated rings. The Kier molecular flexibility index (Phi) is 10.9. The zero-order valence-corrected chi connectivity index (χ0v) is 11.4. The van der Waals surface area contributed by atoms with Crippen LogP contribution in [0.25, 0.3) is 0 Å². The van der Waals surface area contributed by atoms with E-state index in [1.807, 2.05) is 0 Å². The molecule has 0 aliphatic carbocycles. The minimum absolute atomic E-state index is 0.588. The average Bonchev–Trinajstić information content (AvgIpc) is 2.30. The van der Waals surface area contributed by atoms with Crippen molar-refractivity contribution in [1.29, 1.82) is 0 Å².